The number of benzene rings is 2. The number of thioether (sulfide) groups is 1. The first-order chi connectivity index (χ1) is 14.8. The fraction of sp³-hybridized carbons (Fsp3) is 0.143. The molecular weight excluding hydrogens is 438 g/mol. The highest BCUT2D eigenvalue weighted by molar-refractivity contribution is 8.18. The summed E-state index contributed by atoms with van der Waals surface area (Å²) in [6.07, 6.45) is 3.38. The lowest BCUT2D eigenvalue weighted by Gasteiger charge is -2.11. The van der Waals surface area contributed by atoms with E-state index in [4.69, 9.17) is 14.6 Å². The van der Waals surface area contributed by atoms with Gasteiger partial charge in [-0.2, -0.15) is 0 Å². The molecule has 8 nitrogen and oxygen atoms in total. The molecule has 0 saturated carbocycles. The van der Waals surface area contributed by atoms with Crippen LogP contribution in [0.25, 0.3) is 6.08 Å². The van der Waals surface area contributed by atoms with Gasteiger partial charge in [0.25, 0.3) is 5.91 Å². The number of rotatable bonds is 8. The number of amides is 1. The molecule has 1 fully saturated rings. The maximum atomic E-state index is 12.3. The maximum Gasteiger partial charge on any atom is 0.264 e. The molecule has 1 aliphatic rings. The molecule has 0 spiro atoms. The van der Waals surface area contributed by atoms with Gasteiger partial charge >= 0.3 is 0 Å². The molecule has 1 saturated heterocycles. The third kappa shape index (κ3) is 5.97. The van der Waals surface area contributed by atoms with Gasteiger partial charge in [-0.25, -0.2) is 18.5 Å². The number of hydrogen-bond donors (Lipinski definition) is 2. The lowest BCUT2D eigenvalue weighted by molar-refractivity contribution is -0.115. The van der Waals surface area contributed by atoms with Crippen LogP contribution in [0.2, 0.25) is 0 Å². The van der Waals surface area contributed by atoms with Crippen LogP contribution in [-0.2, 0) is 14.8 Å². The second-order valence-corrected chi connectivity index (χ2v) is 8.85. The standard InChI is InChI=1S/C21H21N3O5S2/c1-3-11-29-17-10-5-14(12-18(17)28-4-2)13-19-20(25)24-21(30-19)23-15-6-8-16(9-7-15)31(22,26)27/h3,5-10,12-13H,1,4,11H2,2H3,(H2,22,26,27)(H,23,24,25)/b19-13-. The van der Waals surface area contributed by atoms with Crippen LogP contribution >= 0.6 is 11.8 Å². The molecule has 3 N–H and O–H groups in total. The van der Waals surface area contributed by atoms with E-state index in [0.29, 0.717) is 40.5 Å². The third-order valence-electron chi connectivity index (χ3n) is 3.97. The van der Waals surface area contributed by atoms with E-state index in [1.54, 1.807) is 24.3 Å². The number of carbonyl (C=O) groups is 1. The van der Waals surface area contributed by atoms with Crippen LogP contribution in [-0.4, -0.2) is 32.7 Å². The Morgan fingerprint density at radius 1 is 1.16 bits per heavy atom. The van der Waals surface area contributed by atoms with Crippen LogP contribution in [0.5, 0.6) is 11.5 Å². The molecule has 1 aliphatic heterocycles. The van der Waals surface area contributed by atoms with Gasteiger partial charge in [0.05, 0.1) is 22.1 Å². The number of nitrogens with one attached hydrogen (secondary N) is 1. The number of nitrogens with zero attached hydrogens (tertiary/aromatic N) is 1. The zero-order valence-electron chi connectivity index (χ0n) is 16.7. The summed E-state index contributed by atoms with van der Waals surface area (Å²) in [5.74, 6) is 0.887. The highest BCUT2D eigenvalue weighted by atomic mass is 32.2. The molecule has 2 aromatic rings. The zero-order chi connectivity index (χ0) is 22.4. The van der Waals surface area contributed by atoms with Crippen LogP contribution in [0.4, 0.5) is 5.69 Å². The van der Waals surface area contributed by atoms with Crippen molar-refractivity contribution in [3.63, 3.8) is 0 Å². The normalized spacial score (nSPS) is 16.4. The molecule has 31 heavy (non-hydrogen) atoms. The smallest absolute Gasteiger partial charge is 0.264 e. The molecule has 0 atom stereocenters. The molecule has 3 rings (SSSR count). The van der Waals surface area contributed by atoms with Crippen LogP contribution in [0.1, 0.15) is 12.5 Å². The average molecular weight is 460 g/mol. The van der Waals surface area contributed by atoms with E-state index in [-0.39, 0.29) is 10.8 Å². The third-order valence-corrected chi connectivity index (χ3v) is 5.81. The van der Waals surface area contributed by atoms with Gasteiger partial charge in [0.1, 0.15) is 6.61 Å². The number of carbonyl (C=O) groups excluding carboxylic acids is 1. The van der Waals surface area contributed by atoms with Crippen molar-refractivity contribution in [1.29, 1.82) is 0 Å². The summed E-state index contributed by atoms with van der Waals surface area (Å²) >= 11 is 1.18. The molecular formula is C21H21N3O5S2. The lowest BCUT2D eigenvalue weighted by atomic mass is 10.2. The second-order valence-electron chi connectivity index (χ2n) is 6.26. The van der Waals surface area contributed by atoms with Gasteiger partial charge in [0.15, 0.2) is 16.7 Å². The number of sulfonamides is 1. The predicted octanol–water partition coefficient (Wildman–Crippen LogP) is 3.19. The number of hydrogen-bond acceptors (Lipinski definition) is 7. The number of nitrogens with two attached hydrogens (primary N) is 1. The summed E-state index contributed by atoms with van der Waals surface area (Å²) in [5.41, 5.74) is 1.25. The van der Waals surface area contributed by atoms with E-state index in [1.807, 2.05) is 13.0 Å². The van der Waals surface area contributed by atoms with Crippen LogP contribution < -0.4 is 19.9 Å². The highest BCUT2D eigenvalue weighted by Gasteiger charge is 2.24. The summed E-state index contributed by atoms with van der Waals surface area (Å²) in [6, 6.07) is 11.1. The lowest BCUT2D eigenvalue weighted by Crippen LogP contribution is -2.19. The van der Waals surface area contributed by atoms with Crippen molar-refractivity contribution in [2.24, 2.45) is 10.1 Å². The summed E-state index contributed by atoms with van der Waals surface area (Å²) < 4.78 is 33.9. The van der Waals surface area contributed by atoms with E-state index in [1.165, 1.54) is 36.0 Å². The van der Waals surface area contributed by atoms with Gasteiger partial charge in [-0.05, 0) is 66.7 Å². The average Bonchev–Trinajstić information content (AvgIpc) is 3.06. The quantitative estimate of drug-likeness (QED) is 0.462. The number of ether oxygens (including phenoxy) is 2. The molecule has 0 aromatic heterocycles. The van der Waals surface area contributed by atoms with Gasteiger partial charge in [0.2, 0.25) is 10.0 Å². The topological polar surface area (TPSA) is 120 Å². The first kappa shape index (κ1) is 22.6. The molecule has 10 heteroatoms. The second kappa shape index (κ2) is 9.82. The largest absolute Gasteiger partial charge is 0.490 e. The Hall–Kier alpha value is -3.08. The van der Waals surface area contributed by atoms with Crippen molar-refractivity contribution in [1.82, 2.24) is 5.32 Å². The Balaban J connectivity index is 1.80. The molecule has 1 amide bonds. The van der Waals surface area contributed by atoms with E-state index < -0.39 is 10.0 Å². The van der Waals surface area contributed by atoms with Crippen LogP contribution in [0.15, 0.2) is 69.9 Å². The van der Waals surface area contributed by atoms with Gasteiger partial charge in [0, 0.05) is 0 Å². The van der Waals surface area contributed by atoms with Crippen molar-refractivity contribution in [3.8, 4) is 11.5 Å². The molecule has 1 heterocycles. The summed E-state index contributed by atoms with van der Waals surface area (Å²) in [7, 11) is -3.77. The van der Waals surface area contributed by atoms with Gasteiger partial charge in [-0.3, -0.25) is 4.79 Å². The molecule has 0 bridgehead atoms. The van der Waals surface area contributed by atoms with Crippen molar-refractivity contribution in [2.45, 2.75) is 11.8 Å². The Morgan fingerprint density at radius 2 is 1.90 bits per heavy atom. The fourth-order valence-electron chi connectivity index (χ4n) is 2.61. The van der Waals surface area contributed by atoms with Crippen LogP contribution in [0.3, 0.4) is 0 Å². The Bertz CT molecular complexity index is 1160. The molecule has 2 aromatic carbocycles. The van der Waals surface area contributed by atoms with Crippen molar-refractivity contribution >= 4 is 44.6 Å². The first-order valence-electron chi connectivity index (χ1n) is 9.23. The van der Waals surface area contributed by atoms with Gasteiger partial charge in [-0.1, -0.05) is 18.7 Å². The maximum absolute atomic E-state index is 12.3. The Morgan fingerprint density at radius 3 is 2.55 bits per heavy atom. The summed E-state index contributed by atoms with van der Waals surface area (Å²) in [4.78, 5) is 17.1. The van der Waals surface area contributed by atoms with Crippen molar-refractivity contribution in [2.75, 3.05) is 13.2 Å². The Kier molecular flexibility index (Phi) is 7.16. The Labute approximate surface area is 184 Å². The summed E-state index contributed by atoms with van der Waals surface area (Å²) in [5, 5.41) is 8.17. The van der Waals surface area contributed by atoms with E-state index in [9.17, 15) is 13.2 Å². The minimum atomic E-state index is -3.77. The van der Waals surface area contributed by atoms with E-state index in [2.05, 4.69) is 16.9 Å². The van der Waals surface area contributed by atoms with Gasteiger partial charge < -0.3 is 14.8 Å². The SMILES string of the molecule is C=CCOc1ccc(/C=C2\SC(=Nc3ccc(S(N)(=O)=O)cc3)NC2=O)cc1OCC. The molecule has 162 valence electrons. The fourth-order valence-corrected chi connectivity index (χ4v) is 3.97. The van der Waals surface area contributed by atoms with Crippen LogP contribution in [0, 0.1) is 0 Å². The summed E-state index contributed by atoms with van der Waals surface area (Å²) in [6.45, 7) is 6.34. The van der Waals surface area contributed by atoms with E-state index in [0.717, 1.165) is 5.56 Å². The zero-order valence-corrected chi connectivity index (χ0v) is 18.3. The number of aliphatic imine (C=N–C) groups is 1. The number of primary sulfonamides is 1. The number of amidine groups is 1. The first-order valence-corrected chi connectivity index (χ1v) is 11.6. The molecule has 0 radical (unpaired) electrons. The highest BCUT2D eigenvalue weighted by Crippen LogP contribution is 2.32. The monoisotopic (exact) mass is 459 g/mol. The van der Waals surface area contributed by atoms with Crippen molar-refractivity contribution < 1.29 is 22.7 Å². The minimum Gasteiger partial charge on any atom is -0.490 e. The molecule has 0 unspecified atom stereocenters. The molecule has 0 aliphatic carbocycles. The predicted molar refractivity (Wildman–Crippen MR) is 122 cm³/mol. The van der Waals surface area contributed by atoms with Crippen molar-refractivity contribution in [3.05, 3.63) is 65.6 Å². The van der Waals surface area contributed by atoms with E-state index >= 15 is 0 Å². The van der Waals surface area contributed by atoms with Gasteiger partial charge in [-0.15, -0.1) is 0 Å². The minimum absolute atomic E-state index is 0.00855.